The molecule has 0 aliphatic carbocycles. The van der Waals surface area contributed by atoms with Crippen LogP contribution in [-0.2, 0) is 14.8 Å². The predicted octanol–water partition coefficient (Wildman–Crippen LogP) is 3.91. The van der Waals surface area contributed by atoms with Gasteiger partial charge in [-0.2, -0.15) is 4.31 Å². The third kappa shape index (κ3) is 5.77. The molecule has 3 rings (SSSR count). The summed E-state index contributed by atoms with van der Waals surface area (Å²) in [6, 6.07) is 13.7. The smallest absolute Gasteiger partial charge is 0.243 e. The fraction of sp³-hybridized carbons (Fsp3) is 0.435. The molecule has 1 fully saturated rings. The van der Waals surface area contributed by atoms with Crippen LogP contribution in [-0.4, -0.2) is 45.4 Å². The number of amides is 1. The number of anilines is 1. The number of methoxy groups -OCH3 is 1. The molecular weight excluding hydrogens is 416 g/mol. The van der Waals surface area contributed by atoms with E-state index in [4.69, 9.17) is 9.47 Å². The first-order valence-corrected chi connectivity index (χ1v) is 12.1. The number of unbranched alkanes of at least 4 members (excludes halogenated alkanes) is 1. The van der Waals surface area contributed by atoms with Gasteiger partial charge in [0, 0.05) is 25.1 Å². The molecule has 1 heterocycles. The fourth-order valence-corrected chi connectivity index (χ4v) is 5.01. The molecule has 0 bridgehead atoms. The van der Waals surface area contributed by atoms with Gasteiger partial charge in [-0.05, 0) is 43.5 Å². The molecule has 0 unspecified atom stereocenters. The summed E-state index contributed by atoms with van der Waals surface area (Å²) in [4.78, 5) is 13.2. The maximum absolute atomic E-state index is 12.9. The van der Waals surface area contributed by atoms with Crippen LogP contribution in [0.25, 0.3) is 0 Å². The van der Waals surface area contributed by atoms with Crippen molar-refractivity contribution < 1.29 is 22.7 Å². The van der Waals surface area contributed by atoms with Crippen molar-refractivity contribution in [2.75, 3.05) is 32.1 Å². The van der Waals surface area contributed by atoms with Crippen molar-refractivity contribution in [2.45, 2.75) is 37.5 Å². The van der Waals surface area contributed by atoms with Crippen molar-refractivity contribution in [1.29, 1.82) is 0 Å². The van der Waals surface area contributed by atoms with E-state index >= 15 is 0 Å². The van der Waals surface area contributed by atoms with E-state index in [1.54, 1.807) is 55.6 Å². The Bertz CT molecular complexity index is 971. The Labute approximate surface area is 184 Å². The van der Waals surface area contributed by atoms with E-state index in [0.717, 1.165) is 12.8 Å². The van der Waals surface area contributed by atoms with Crippen LogP contribution in [0.2, 0.25) is 0 Å². The lowest BCUT2D eigenvalue weighted by molar-refractivity contribution is -0.120. The van der Waals surface area contributed by atoms with Crippen molar-refractivity contribution in [3.05, 3.63) is 48.5 Å². The van der Waals surface area contributed by atoms with Gasteiger partial charge in [-0.15, -0.1) is 0 Å². The number of ether oxygens (including phenoxy) is 2. The largest absolute Gasteiger partial charge is 0.497 e. The van der Waals surface area contributed by atoms with Gasteiger partial charge < -0.3 is 14.8 Å². The lowest BCUT2D eigenvalue weighted by atomic mass is 9.97. The molecule has 7 nitrogen and oxygen atoms in total. The van der Waals surface area contributed by atoms with Crippen LogP contribution < -0.4 is 14.8 Å². The molecule has 0 radical (unpaired) electrons. The van der Waals surface area contributed by atoms with E-state index in [1.807, 2.05) is 0 Å². The number of nitrogens with zero attached hydrogens (tertiary/aromatic N) is 1. The topological polar surface area (TPSA) is 84.9 Å². The molecule has 1 aliphatic rings. The molecule has 2 aromatic rings. The lowest BCUT2D eigenvalue weighted by Crippen LogP contribution is -2.41. The standard InChI is InChI=1S/C23H30N2O5S/c1-3-4-16-30-22-11-10-19(29-2)17-21(22)24-23(26)18-12-14-25(15-13-18)31(27,28)20-8-6-5-7-9-20/h5-11,17-18H,3-4,12-16H2,1-2H3,(H,24,26). The Kier molecular flexibility index (Phi) is 7.92. The average Bonchev–Trinajstić information content (AvgIpc) is 2.80. The molecule has 0 aromatic heterocycles. The van der Waals surface area contributed by atoms with Crippen LogP contribution >= 0.6 is 0 Å². The summed E-state index contributed by atoms with van der Waals surface area (Å²) < 4.78 is 38.1. The van der Waals surface area contributed by atoms with Crippen molar-refractivity contribution in [3.8, 4) is 11.5 Å². The van der Waals surface area contributed by atoms with E-state index in [1.165, 1.54) is 4.31 Å². The number of sulfonamides is 1. The van der Waals surface area contributed by atoms with E-state index in [2.05, 4.69) is 12.2 Å². The number of rotatable bonds is 9. The summed E-state index contributed by atoms with van der Waals surface area (Å²) in [5.41, 5.74) is 0.569. The van der Waals surface area contributed by atoms with E-state index in [-0.39, 0.29) is 16.7 Å². The SMILES string of the molecule is CCCCOc1ccc(OC)cc1NC(=O)C1CCN(S(=O)(=O)c2ccccc2)CC1. The van der Waals surface area contributed by atoms with E-state index in [9.17, 15) is 13.2 Å². The van der Waals surface area contributed by atoms with Gasteiger partial charge in [0.05, 0.1) is 24.3 Å². The number of hydrogen-bond donors (Lipinski definition) is 1. The summed E-state index contributed by atoms with van der Waals surface area (Å²) in [6.45, 7) is 3.28. The fourth-order valence-electron chi connectivity index (χ4n) is 3.52. The van der Waals surface area contributed by atoms with Crippen LogP contribution in [0.5, 0.6) is 11.5 Å². The Balaban J connectivity index is 1.64. The zero-order valence-corrected chi connectivity index (χ0v) is 18.9. The highest BCUT2D eigenvalue weighted by Crippen LogP contribution is 2.31. The highest BCUT2D eigenvalue weighted by molar-refractivity contribution is 7.89. The Morgan fingerprint density at radius 1 is 1.13 bits per heavy atom. The Morgan fingerprint density at radius 2 is 1.84 bits per heavy atom. The monoisotopic (exact) mass is 446 g/mol. The van der Waals surface area contributed by atoms with E-state index in [0.29, 0.717) is 49.7 Å². The van der Waals surface area contributed by atoms with Crippen molar-refractivity contribution in [1.82, 2.24) is 4.31 Å². The molecule has 168 valence electrons. The second kappa shape index (κ2) is 10.6. The summed E-state index contributed by atoms with van der Waals surface area (Å²) in [5.74, 6) is 0.830. The van der Waals surface area contributed by atoms with Gasteiger partial charge in [0.15, 0.2) is 0 Å². The molecule has 0 saturated carbocycles. The number of carbonyl (C=O) groups excluding carboxylic acids is 1. The first-order chi connectivity index (χ1) is 15.0. The zero-order valence-electron chi connectivity index (χ0n) is 18.0. The lowest BCUT2D eigenvalue weighted by Gasteiger charge is -2.30. The third-order valence-corrected chi connectivity index (χ3v) is 7.32. The average molecular weight is 447 g/mol. The number of nitrogens with one attached hydrogen (secondary N) is 1. The zero-order chi connectivity index (χ0) is 22.3. The van der Waals surface area contributed by atoms with Gasteiger partial charge in [-0.1, -0.05) is 31.5 Å². The van der Waals surface area contributed by atoms with Crippen molar-refractivity contribution >= 4 is 21.6 Å². The second-order valence-electron chi connectivity index (χ2n) is 7.54. The molecule has 1 saturated heterocycles. The van der Waals surface area contributed by atoms with Gasteiger partial charge >= 0.3 is 0 Å². The molecular formula is C23H30N2O5S. The van der Waals surface area contributed by atoms with Gasteiger partial charge in [0.1, 0.15) is 11.5 Å². The molecule has 0 atom stereocenters. The van der Waals surface area contributed by atoms with Gasteiger partial charge in [-0.3, -0.25) is 4.79 Å². The number of hydrogen-bond acceptors (Lipinski definition) is 5. The molecule has 1 N–H and O–H groups in total. The molecule has 1 aliphatic heterocycles. The maximum Gasteiger partial charge on any atom is 0.243 e. The molecule has 2 aromatic carbocycles. The minimum atomic E-state index is -3.53. The van der Waals surface area contributed by atoms with Gasteiger partial charge in [0.2, 0.25) is 15.9 Å². The highest BCUT2D eigenvalue weighted by atomic mass is 32.2. The van der Waals surface area contributed by atoms with Crippen LogP contribution in [0.15, 0.2) is 53.4 Å². The number of carbonyl (C=O) groups is 1. The highest BCUT2D eigenvalue weighted by Gasteiger charge is 2.32. The summed E-state index contributed by atoms with van der Waals surface area (Å²) in [7, 11) is -1.96. The van der Waals surface area contributed by atoms with Crippen LogP contribution in [0.1, 0.15) is 32.6 Å². The third-order valence-electron chi connectivity index (χ3n) is 5.41. The second-order valence-corrected chi connectivity index (χ2v) is 9.48. The summed E-state index contributed by atoms with van der Waals surface area (Å²) in [6.07, 6.45) is 2.87. The first kappa shape index (κ1) is 23.1. The normalized spacial score (nSPS) is 15.4. The number of benzene rings is 2. The van der Waals surface area contributed by atoms with Crippen molar-refractivity contribution in [2.24, 2.45) is 5.92 Å². The quantitative estimate of drug-likeness (QED) is 0.590. The molecule has 8 heteroatoms. The van der Waals surface area contributed by atoms with Crippen molar-refractivity contribution in [3.63, 3.8) is 0 Å². The van der Waals surface area contributed by atoms with Crippen LogP contribution in [0.4, 0.5) is 5.69 Å². The summed E-state index contributed by atoms with van der Waals surface area (Å²) in [5, 5.41) is 2.96. The predicted molar refractivity (Wildman–Crippen MR) is 120 cm³/mol. The molecule has 1 amide bonds. The molecule has 31 heavy (non-hydrogen) atoms. The van der Waals surface area contributed by atoms with E-state index < -0.39 is 10.0 Å². The van der Waals surface area contributed by atoms with Crippen LogP contribution in [0.3, 0.4) is 0 Å². The van der Waals surface area contributed by atoms with Gasteiger partial charge in [0.25, 0.3) is 0 Å². The number of piperidine rings is 1. The minimum absolute atomic E-state index is 0.134. The first-order valence-electron chi connectivity index (χ1n) is 10.6. The Hall–Kier alpha value is -2.58. The van der Waals surface area contributed by atoms with Gasteiger partial charge in [-0.25, -0.2) is 8.42 Å². The minimum Gasteiger partial charge on any atom is -0.497 e. The molecule has 0 spiro atoms. The Morgan fingerprint density at radius 3 is 2.48 bits per heavy atom. The summed E-state index contributed by atoms with van der Waals surface area (Å²) >= 11 is 0. The maximum atomic E-state index is 12.9. The van der Waals surface area contributed by atoms with Crippen LogP contribution in [0, 0.1) is 5.92 Å².